The molecule has 18 heavy (non-hydrogen) atoms. The van der Waals surface area contributed by atoms with Crippen LogP contribution in [0.2, 0.25) is 0 Å². The molecule has 3 nitrogen and oxygen atoms in total. The van der Waals surface area contributed by atoms with Crippen LogP contribution in [0.15, 0.2) is 0 Å². The molecule has 108 valence electrons. The molecule has 0 aromatic heterocycles. The van der Waals surface area contributed by atoms with Gasteiger partial charge in [0, 0.05) is 26.7 Å². The number of rotatable bonds is 11. The molecule has 0 fully saturated rings. The first-order chi connectivity index (χ1) is 8.57. The van der Waals surface area contributed by atoms with Crippen molar-refractivity contribution in [2.24, 2.45) is 5.92 Å². The van der Waals surface area contributed by atoms with Crippen LogP contribution >= 0.6 is 0 Å². The van der Waals surface area contributed by atoms with Gasteiger partial charge in [0.2, 0.25) is 5.91 Å². The van der Waals surface area contributed by atoms with Crippen LogP contribution in [-0.4, -0.2) is 18.2 Å². The molecule has 0 bridgehead atoms. The van der Waals surface area contributed by atoms with E-state index < -0.39 is 0 Å². The quantitative estimate of drug-likeness (QED) is 0.573. The van der Waals surface area contributed by atoms with E-state index in [4.69, 9.17) is 0 Å². The largest absolute Gasteiger partial charge is 0.356 e. The highest BCUT2D eigenvalue weighted by atomic mass is 16.1. The van der Waals surface area contributed by atoms with Crippen LogP contribution in [0, 0.1) is 5.92 Å². The molecule has 0 radical (unpaired) electrons. The minimum Gasteiger partial charge on any atom is -0.356 e. The van der Waals surface area contributed by atoms with Crippen LogP contribution in [0.25, 0.3) is 0 Å². The second-order valence-electron chi connectivity index (χ2n) is 5.24. The van der Waals surface area contributed by atoms with Gasteiger partial charge in [-0.25, -0.2) is 0 Å². The van der Waals surface area contributed by atoms with E-state index in [0.29, 0.717) is 18.6 Å². The molecule has 0 saturated carbocycles. The second-order valence-corrected chi connectivity index (χ2v) is 5.24. The standard InChI is InChI=1S/C15H29NO2.H2/c1-4-5-7-11-15(18)16-12-9-6-8-10-14(17)13(2)3;/h13H,4-12H2,1-3H3,(H,16,18);1H. The molecular formula is C15H31NO2. The van der Waals surface area contributed by atoms with Gasteiger partial charge in [-0.2, -0.15) is 0 Å². The van der Waals surface area contributed by atoms with Crippen molar-refractivity contribution in [3.05, 3.63) is 0 Å². The predicted octanol–water partition coefficient (Wildman–Crippen LogP) is 3.71. The van der Waals surface area contributed by atoms with Crippen LogP contribution in [0.5, 0.6) is 0 Å². The first-order valence-electron chi connectivity index (χ1n) is 7.37. The monoisotopic (exact) mass is 257 g/mol. The first-order valence-corrected chi connectivity index (χ1v) is 7.37. The van der Waals surface area contributed by atoms with Crippen LogP contribution in [-0.2, 0) is 9.59 Å². The van der Waals surface area contributed by atoms with E-state index in [1.165, 1.54) is 0 Å². The Morgan fingerprint density at radius 2 is 1.67 bits per heavy atom. The average molecular weight is 257 g/mol. The Hall–Kier alpha value is -0.860. The molecule has 0 aliphatic carbocycles. The Morgan fingerprint density at radius 3 is 2.28 bits per heavy atom. The number of carbonyl (C=O) groups is 2. The maximum atomic E-state index is 11.4. The smallest absolute Gasteiger partial charge is 0.219 e. The number of amides is 1. The third-order valence-corrected chi connectivity index (χ3v) is 3.07. The minimum atomic E-state index is 0. The third-order valence-electron chi connectivity index (χ3n) is 3.07. The van der Waals surface area contributed by atoms with Gasteiger partial charge in [0.25, 0.3) is 0 Å². The molecule has 0 saturated heterocycles. The number of carbonyl (C=O) groups excluding carboxylic acids is 2. The Kier molecular flexibility index (Phi) is 10.7. The van der Waals surface area contributed by atoms with Crippen LogP contribution < -0.4 is 5.32 Å². The molecule has 0 spiro atoms. The summed E-state index contributed by atoms with van der Waals surface area (Å²) >= 11 is 0. The van der Waals surface area contributed by atoms with Gasteiger partial charge in [-0.05, 0) is 19.3 Å². The van der Waals surface area contributed by atoms with Crippen molar-refractivity contribution in [3.63, 3.8) is 0 Å². The van der Waals surface area contributed by atoms with Crippen molar-refractivity contribution in [2.45, 2.75) is 72.1 Å². The normalized spacial score (nSPS) is 10.7. The zero-order chi connectivity index (χ0) is 13.8. The highest BCUT2D eigenvalue weighted by Crippen LogP contribution is 2.05. The predicted molar refractivity (Wildman–Crippen MR) is 77.6 cm³/mol. The Balaban J connectivity index is 0. The minimum absolute atomic E-state index is 0. The number of ketones is 1. The third kappa shape index (κ3) is 10.3. The lowest BCUT2D eigenvalue weighted by Crippen LogP contribution is -2.24. The fraction of sp³-hybridized carbons (Fsp3) is 0.867. The first kappa shape index (κ1) is 17.1. The van der Waals surface area contributed by atoms with E-state index in [-0.39, 0.29) is 13.3 Å². The van der Waals surface area contributed by atoms with Gasteiger partial charge >= 0.3 is 0 Å². The summed E-state index contributed by atoms with van der Waals surface area (Å²) in [5.74, 6) is 0.670. The molecule has 3 heteroatoms. The van der Waals surface area contributed by atoms with E-state index in [9.17, 15) is 9.59 Å². The molecule has 0 aliphatic rings. The SMILES string of the molecule is CCCCCC(=O)NCCCCCC(=O)C(C)C.[HH]. The summed E-state index contributed by atoms with van der Waals surface area (Å²) in [6.07, 6.45) is 7.55. The summed E-state index contributed by atoms with van der Waals surface area (Å²) in [6.45, 7) is 6.77. The number of hydrogen-bond acceptors (Lipinski definition) is 2. The van der Waals surface area contributed by atoms with Crippen molar-refractivity contribution in [1.82, 2.24) is 5.32 Å². The van der Waals surface area contributed by atoms with Crippen LogP contribution in [0.3, 0.4) is 0 Å². The lowest BCUT2D eigenvalue weighted by atomic mass is 10.0. The maximum Gasteiger partial charge on any atom is 0.219 e. The summed E-state index contributed by atoms with van der Waals surface area (Å²) in [7, 11) is 0. The maximum absolute atomic E-state index is 11.4. The molecule has 0 atom stereocenters. The fourth-order valence-corrected chi connectivity index (χ4v) is 1.74. The zero-order valence-electron chi connectivity index (χ0n) is 12.3. The summed E-state index contributed by atoms with van der Waals surface area (Å²) in [5, 5.41) is 2.93. The van der Waals surface area contributed by atoms with Gasteiger partial charge in [-0.3, -0.25) is 9.59 Å². The lowest BCUT2D eigenvalue weighted by molar-refractivity contribution is -0.122. The summed E-state index contributed by atoms with van der Waals surface area (Å²) in [5.41, 5.74) is 0. The van der Waals surface area contributed by atoms with Crippen molar-refractivity contribution in [3.8, 4) is 0 Å². The second kappa shape index (κ2) is 11.2. The number of Topliss-reactive ketones (excluding diaryl/α,β-unsaturated/α-hetero) is 1. The highest BCUT2D eigenvalue weighted by molar-refractivity contribution is 5.80. The van der Waals surface area contributed by atoms with Crippen LogP contribution in [0.4, 0.5) is 0 Å². The van der Waals surface area contributed by atoms with Gasteiger partial charge < -0.3 is 5.32 Å². The molecule has 0 aromatic carbocycles. The average Bonchev–Trinajstić information content (AvgIpc) is 2.33. The molecule has 0 heterocycles. The number of unbranched alkanes of at least 4 members (excludes halogenated alkanes) is 4. The van der Waals surface area contributed by atoms with Gasteiger partial charge in [0.05, 0.1) is 0 Å². The topological polar surface area (TPSA) is 46.2 Å². The van der Waals surface area contributed by atoms with Gasteiger partial charge in [0.1, 0.15) is 5.78 Å². The van der Waals surface area contributed by atoms with E-state index in [1.807, 2.05) is 13.8 Å². The molecule has 1 amide bonds. The van der Waals surface area contributed by atoms with Crippen LogP contribution in [0.1, 0.15) is 73.6 Å². The molecule has 0 aromatic rings. The summed E-state index contributed by atoms with van der Waals surface area (Å²) in [6, 6.07) is 0. The fourth-order valence-electron chi connectivity index (χ4n) is 1.74. The Labute approximate surface area is 113 Å². The molecule has 0 unspecified atom stereocenters. The van der Waals surface area contributed by atoms with E-state index in [1.54, 1.807) is 0 Å². The summed E-state index contributed by atoms with van der Waals surface area (Å²) in [4.78, 5) is 22.7. The Bertz CT molecular complexity index is 242. The van der Waals surface area contributed by atoms with Crippen molar-refractivity contribution in [1.29, 1.82) is 0 Å². The Morgan fingerprint density at radius 1 is 1.00 bits per heavy atom. The van der Waals surface area contributed by atoms with Crippen molar-refractivity contribution in [2.75, 3.05) is 6.54 Å². The zero-order valence-corrected chi connectivity index (χ0v) is 12.3. The molecule has 0 aliphatic heterocycles. The van der Waals surface area contributed by atoms with E-state index in [0.717, 1.165) is 45.1 Å². The lowest BCUT2D eigenvalue weighted by Gasteiger charge is -2.06. The van der Waals surface area contributed by atoms with Gasteiger partial charge in [-0.1, -0.05) is 40.0 Å². The number of nitrogens with one attached hydrogen (secondary N) is 1. The van der Waals surface area contributed by atoms with E-state index in [2.05, 4.69) is 12.2 Å². The summed E-state index contributed by atoms with van der Waals surface area (Å²) < 4.78 is 0. The van der Waals surface area contributed by atoms with Gasteiger partial charge in [0.15, 0.2) is 0 Å². The highest BCUT2D eigenvalue weighted by Gasteiger charge is 2.06. The molecule has 0 rings (SSSR count). The van der Waals surface area contributed by atoms with Gasteiger partial charge in [-0.15, -0.1) is 0 Å². The molecular weight excluding hydrogens is 226 g/mol. The molecule has 1 N–H and O–H groups in total. The van der Waals surface area contributed by atoms with Crippen molar-refractivity contribution >= 4 is 11.7 Å². The van der Waals surface area contributed by atoms with E-state index >= 15 is 0 Å². The van der Waals surface area contributed by atoms with Crippen molar-refractivity contribution < 1.29 is 11.0 Å². The number of hydrogen-bond donors (Lipinski definition) is 1.